The first-order chi connectivity index (χ1) is 8.61. The van der Waals surface area contributed by atoms with Crippen LogP contribution in [-0.4, -0.2) is 28.9 Å². The van der Waals surface area contributed by atoms with Crippen molar-refractivity contribution >= 4 is 29.1 Å². The lowest BCUT2D eigenvalue weighted by atomic mass is 10.2. The zero-order valence-electron chi connectivity index (χ0n) is 10.3. The molecule has 0 aromatic carbocycles. The van der Waals surface area contributed by atoms with Gasteiger partial charge in [-0.3, -0.25) is 4.79 Å². The zero-order chi connectivity index (χ0) is 13.1. The van der Waals surface area contributed by atoms with Crippen LogP contribution in [0.15, 0.2) is 12.3 Å². The van der Waals surface area contributed by atoms with E-state index in [1.54, 1.807) is 6.07 Å². The van der Waals surface area contributed by atoms with Crippen LogP contribution in [0.25, 0.3) is 0 Å². The van der Waals surface area contributed by atoms with E-state index in [1.807, 2.05) is 4.90 Å². The highest BCUT2D eigenvalue weighted by molar-refractivity contribution is 6.35. The summed E-state index contributed by atoms with van der Waals surface area (Å²) in [5.74, 6) is 0.620. The average Bonchev–Trinajstić information content (AvgIpc) is 3.15. The van der Waals surface area contributed by atoms with Crippen molar-refractivity contribution < 1.29 is 4.79 Å². The van der Waals surface area contributed by atoms with Gasteiger partial charge in [-0.1, -0.05) is 30.1 Å². The molecule has 1 heterocycles. The van der Waals surface area contributed by atoms with Gasteiger partial charge in [-0.05, 0) is 31.2 Å². The zero-order valence-corrected chi connectivity index (χ0v) is 11.8. The summed E-state index contributed by atoms with van der Waals surface area (Å²) in [6.45, 7) is 3.64. The van der Waals surface area contributed by atoms with Crippen molar-refractivity contribution in [3.63, 3.8) is 0 Å². The largest absolute Gasteiger partial charge is 0.338 e. The van der Waals surface area contributed by atoms with E-state index >= 15 is 0 Å². The van der Waals surface area contributed by atoms with Gasteiger partial charge in [0.1, 0.15) is 5.15 Å². The molecule has 0 radical (unpaired) electrons. The maximum Gasteiger partial charge on any atom is 0.255 e. The van der Waals surface area contributed by atoms with E-state index in [0.717, 1.165) is 19.5 Å². The van der Waals surface area contributed by atoms with Crippen LogP contribution in [0.3, 0.4) is 0 Å². The standard InChI is InChI=1S/C13H16Cl2N2O/c1-2-5-17(8-9-3-4-9)13(18)10-6-12(15)16-7-11(10)14/h6-7,9H,2-5,8H2,1H3. The fourth-order valence-corrected chi connectivity index (χ4v) is 2.25. The molecular weight excluding hydrogens is 271 g/mol. The maximum absolute atomic E-state index is 12.4. The van der Waals surface area contributed by atoms with Gasteiger partial charge in [-0.15, -0.1) is 0 Å². The Morgan fingerprint density at radius 2 is 2.22 bits per heavy atom. The fraction of sp³-hybridized carbons (Fsp3) is 0.538. The Hall–Kier alpha value is -0.800. The van der Waals surface area contributed by atoms with Crippen LogP contribution in [0.2, 0.25) is 10.2 Å². The monoisotopic (exact) mass is 286 g/mol. The molecule has 0 bridgehead atoms. The molecule has 1 saturated carbocycles. The molecule has 5 heteroatoms. The molecule has 1 amide bonds. The molecule has 2 rings (SSSR count). The molecule has 18 heavy (non-hydrogen) atoms. The summed E-state index contributed by atoms with van der Waals surface area (Å²) in [7, 11) is 0. The molecule has 1 aromatic heterocycles. The topological polar surface area (TPSA) is 33.2 Å². The van der Waals surface area contributed by atoms with Crippen molar-refractivity contribution in [2.75, 3.05) is 13.1 Å². The Morgan fingerprint density at radius 1 is 1.50 bits per heavy atom. The highest BCUT2D eigenvalue weighted by Gasteiger charge is 2.27. The van der Waals surface area contributed by atoms with Crippen molar-refractivity contribution in [2.24, 2.45) is 5.92 Å². The second-order valence-electron chi connectivity index (χ2n) is 4.68. The molecular formula is C13H16Cl2N2O. The van der Waals surface area contributed by atoms with Crippen LogP contribution >= 0.6 is 23.2 Å². The van der Waals surface area contributed by atoms with Crippen LogP contribution in [0.1, 0.15) is 36.5 Å². The first kappa shape index (κ1) is 13.6. The molecule has 1 aliphatic carbocycles. The Kier molecular flexibility index (Phi) is 4.46. The molecule has 98 valence electrons. The Bertz CT molecular complexity index is 447. The first-order valence-electron chi connectivity index (χ1n) is 6.22. The Morgan fingerprint density at radius 3 is 2.83 bits per heavy atom. The predicted molar refractivity (Wildman–Crippen MR) is 73.2 cm³/mol. The summed E-state index contributed by atoms with van der Waals surface area (Å²) in [6, 6.07) is 1.54. The number of nitrogens with zero attached hydrogens (tertiary/aromatic N) is 2. The smallest absolute Gasteiger partial charge is 0.255 e. The van der Waals surface area contributed by atoms with E-state index in [1.165, 1.54) is 19.0 Å². The summed E-state index contributed by atoms with van der Waals surface area (Å²) in [5.41, 5.74) is 0.450. The second kappa shape index (κ2) is 5.89. The summed E-state index contributed by atoms with van der Waals surface area (Å²) < 4.78 is 0. The molecule has 0 spiro atoms. The van der Waals surface area contributed by atoms with E-state index in [4.69, 9.17) is 23.2 Å². The van der Waals surface area contributed by atoms with Gasteiger partial charge in [0.15, 0.2) is 0 Å². The van der Waals surface area contributed by atoms with Crippen molar-refractivity contribution in [3.05, 3.63) is 28.0 Å². The summed E-state index contributed by atoms with van der Waals surface area (Å²) in [4.78, 5) is 18.2. The Labute approximate surface area is 117 Å². The van der Waals surface area contributed by atoms with E-state index in [9.17, 15) is 4.79 Å². The van der Waals surface area contributed by atoms with Gasteiger partial charge in [0.05, 0.1) is 10.6 Å². The number of hydrogen-bond donors (Lipinski definition) is 0. The highest BCUT2D eigenvalue weighted by Crippen LogP contribution is 2.30. The lowest BCUT2D eigenvalue weighted by Gasteiger charge is -2.22. The van der Waals surface area contributed by atoms with Gasteiger partial charge in [0.2, 0.25) is 0 Å². The van der Waals surface area contributed by atoms with Crippen LogP contribution in [0.5, 0.6) is 0 Å². The number of carbonyl (C=O) groups excluding carboxylic acids is 1. The number of pyridine rings is 1. The number of aromatic nitrogens is 1. The molecule has 1 aliphatic rings. The molecule has 0 atom stereocenters. The van der Waals surface area contributed by atoms with Gasteiger partial charge in [-0.25, -0.2) is 4.98 Å². The summed E-state index contributed by atoms with van der Waals surface area (Å²) in [5, 5.41) is 0.659. The molecule has 0 aliphatic heterocycles. The van der Waals surface area contributed by atoms with Crippen LogP contribution < -0.4 is 0 Å². The number of halogens is 2. The minimum absolute atomic E-state index is 0.0435. The number of hydrogen-bond acceptors (Lipinski definition) is 2. The lowest BCUT2D eigenvalue weighted by Crippen LogP contribution is -2.33. The molecule has 0 saturated heterocycles. The van der Waals surface area contributed by atoms with Crippen molar-refractivity contribution in [3.8, 4) is 0 Å². The third-order valence-corrected chi connectivity index (χ3v) is 3.52. The van der Waals surface area contributed by atoms with E-state index < -0.39 is 0 Å². The van der Waals surface area contributed by atoms with Gasteiger partial charge in [0, 0.05) is 19.3 Å². The fourth-order valence-electron chi connectivity index (χ4n) is 1.91. The molecule has 3 nitrogen and oxygen atoms in total. The Balaban J connectivity index is 2.17. The highest BCUT2D eigenvalue weighted by atomic mass is 35.5. The number of carbonyl (C=O) groups is 1. The second-order valence-corrected chi connectivity index (χ2v) is 5.48. The summed E-state index contributed by atoms with van der Waals surface area (Å²) in [6.07, 6.45) is 4.81. The third kappa shape index (κ3) is 3.36. The third-order valence-electron chi connectivity index (χ3n) is 3.01. The molecule has 1 aromatic rings. The quantitative estimate of drug-likeness (QED) is 0.774. The van der Waals surface area contributed by atoms with E-state index in [-0.39, 0.29) is 5.91 Å². The number of rotatable bonds is 5. The first-order valence-corrected chi connectivity index (χ1v) is 6.97. The maximum atomic E-state index is 12.4. The average molecular weight is 287 g/mol. The number of amides is 1. The minimum Gasteiger partial charge on any atom is -0.338 e. The van der Waals surface area contributed by atoms with Crippen molar-refractivity contribution in [1.29, 1.82) is 0 Å². The van der Waals surface area contributed by atoms with Crippen molar-refractivity contribution in [2.45, 2.75) is 26.2 Å². The SMILES string of the molecule is CCCN(CC1CC1)C(=O)c1cc(Cl)ncc1Cl. The van der Waals surface area contributed by atoms with Gasteiger partial charge < -0.3 is 4.90 Å². The molecule has 1 fully saturated rings. The van der Waals surface area contributed by atoms with Crippen molar-refractivity contribution in [1.82, 2.24) is 9.88 Å². The minimum atomic E-state index is -0.0435. The van der Waals surface area contributed by atoms with Crippen LogP contribution in [0, 0.1) is 5.92 Å². The van der Waals surface area contributed by atoms with Gasteiger partial charge in [0.25, 0.3) is 5.91 Å². The molecule has 0 N–H and O–H groups in total. The lowest BCUT2D eigenvalue weighted by molar-refractivity contribution is 0.0748. The van der Waals surface area contributed by atoms with E-state index in [0.29, 0.717) is 21.7 Å². The van der Waals surface area contributed by atoms with Gasteiger partial charge >= 0.3 is 0 Å². The van der Waals surface area contributed by atoms with Gasteiger partial charge in [-0.2, -0.15) is 0 Å². The van der Waals surface area contributed by atoms with Crippen LogP contribution in [0.4, 0.5) is 0 Å². The molecule has 0 unspecified atom stereocenters. The predicted octanol–water partition coefficient (Wildman–Crippen LogP) is 3.65. The van der Waals surface area contributed by atoms with Crippen LogP contribution in [-0.2, 0) is 0 Å². The van der Waals surface area contributed by atoms with E-state index in [2.05, 4.69) is 11.9 Å². The summed E-state index contributed by atoms with van der Waals surface area (Å²) >= 11 is 11.8. The normalized spacial score (nSPS) is 14.6.